The molecule has 1 rings (SSSR count). The number of aromatic hydroxyl groups is 1. The molecule has 0 atom stereocenters. The van der Waals surface area contributed by atoms with Crippen LogP contribution in [-0.4, -0.2) is 16.2 Å². The molecule has 0 amide bonds. The minimum Gasteiger partial charge on any atom is -0.507 e. The quantitative estimate of drug-likeness (QED) is 0.764. The number of aromatic carboxylic acids is 1. The zero-order valence-corrected chi connectivity index (χ0v) is 9.05. The van der Waals surface area contributed by atoms with E-state index in [0.29, 0.717) is 12.0 Å². The molecule has 0 saturated heterocycles. The molecule has 3 nitrogen and oxygen atoms in total. The molecule has 0 unspecified atom stereocenters. The fourth-order valence-electron chi connectivity index (χ4n) is 1.31. The van der Waals surface area contributed by atoms with Crippen LogP contribution in [0.3, 0.4) is 0 Å². The number of carboxylic acids is 1. The van der Waals surface area contributed by atoms with E-state index in [-0.39, 0.29) is 11.3 Å². The van der Waals surface area contributed by atoms with E-state index >= 15 is 0 Å². The summed E-state index contributed by atoms with van der Waals surface area (Å²) in [4.78, 5) is 10.8. The lowest BCUT2D eigenvalue weighted by Gasteiger charge is -2.04. The molecular weight excluding hydrogens is 204 g/mol. The first-order valence-corrected chi connectivity index (χ1v) is 4.98. The topological polar surface area (TPSA) is 57.5 Å². The Morgan fingerprint density at radius 1 is 1.38 bits per heavy atom. The molecule has 1 aromatic rings. The molecule has 3 heteroatoms. The van der Waals surface area contributed by atoms with Gasteiger partial charge < -0.3 is 10.2 Å². The first-order chi connectivity index (χ1) is 7.66. The molecule has 0 radical (unpaired) electrons. The number of benzene rings is 1. The molecule has 0 spiro atoms. The van der Waals surface area contributed by atoms with Crippen molar-refractivity contribution in [2.45, 2.75) is 13.3 Å². The van der Waals surface area contributed by atoms with Crippen molar-refractivity contribution in [1.82, 2.24) is 0 Å². The molecule has 0 aliphatic heterocycles. The van der Waals surface area contributed by atoms with Gasteiger partial charge in [0, 0.05) is 0 Å². The van der Waals surface area contributed by atoms with E-state index in [1.54, 1.807) is 12.1 Å². The third-order valence-electron chi connectivity index (χ3n) is 2.13. The second-order valence-electron chi connectivity index (χ2n) is 3.28. The molecule has 84 valence electrons. The molecule has 0 bridgehead atoms. The molecule has 0 aromatic heterocycles. The fourth-order valence-corrected chi connectivity index (χ4v) is 1.31. The van der Waals surface area contributed by atoms with Gasteiger partial charge in [-0.3, -0.25) is 0 Å². The third-order valence-corrected chi connectivity index (χ3v) is 2.13. The van der Waals surface area contributed by atoms with Crippen LogP contribution in [-0.2, 0) is 6.42 Å². The highest BCUT2D eigenvalue weighted by atomic mass is 16.4. The van der Waals surface area contributed by atoms with Crippen molar-refractivity contribution in [2.75, 3.05) is 0 Å². The summed E-state index contributed by atoms with van der Waals surface area (Å²) in [5.74, 6) is -1.27. The number of allylic oxidation sites excluding steroid dienone is 4. The summed E-state index contributed by atoms with van der Waals surface area (Å²) < 4.78 is 0. The van der Waals surface area contributed by atoms with Crippen molar-refractivity contribution in [3.8, 4) is 5.75 Å². The van der Waals surface area contributed by atoms with Crippen molar-refractivity contribution >= 4 is 5.97 Å². The Morgan fingerprint density at radius 3 is 2.75 bits per heavy atom. The lowest BCUT2D eigenvalue weighted by atomic mass is 10.1. The summed E-state index contributed by atoms with van der Waals surface area (Å²) in [5, 5.41) is 18.5. The van der Waals surface area contributed by atoms with Crippen LogP contribution in [0.25, 0.3) is 0 Å². The fraction of sp³-hybridized carbons (Fsp3) is 0.154. The minimum absolute atomic E-state index is 0.0584. The van der Waals surface area contributed by atoms with Crippen molar-refractivity contribution in [3.05, 3.63) is 53.6 Å². The van der Waals surface area contributed by atoms with Crippen molar-refractivity contribution in [3.63, 3.8) is 0 Å². The summed E-state index contributed by atoms with van der Waals surface area (Å²) in [5.41, 5.74) is 0.553. The van der Waals surface area contributed by atoms with Gasteiger partial charge in [-0.2, -0.15) is 0 Å². The van der Waals surface area contributed by atoms with E-state index in [4.69, 9.17) is 5.11 Å². The van der Waals surface area contributed by atoms with Gasteiger partial charge in [0.1, 0.15) is 11.3 Å². The Kier molecular flexibility index (Phi) is 4.33. The summed E-state index contributed by atoms with van der Waals surface area (Å²) in [6.07, 6.45) is 7.99. The summed E-state index contributed by atoms with van der Waals surface area (Å²) in [7, 11) is 0. The Labute approximate surface area is 94.4 Å². The number of para-hydroxylation sites is 1. The van der Waals surface area contributed by atoms with E-state index in [1.165, 1.54) is 6.07 Å². The smallest absolute Gasteiger partial charge is 0.339 e. The van der Waals surface area contributed by atoms with Gasteiger partial charge in [0.2, 0.25) is 0 Å². The number of carboxylic acid groups (broad SMARTS) is 1. The van der Waals surface area contributed by atoms with Crippen molar-refractivity contribution < 1.29 is 15.0 Å². The number of hydrogen-bond donors (Lipinski definition) is 2. The summed E-state index contributed by atoms with van der Waals surface area (Å²) in [6.45, 7) is 1.91. The second-order valence-corrected chi connectivity index (χ2v) is 3.28. The van der Waals surface area contributed by atoms with Crippen molar-refractivity contribution in [2.24, 2.45) is 0 Å². The summed E-state index contributed by atoms with van der Waals surface area (Å²) in [6, 6.07) is 4.72. The predicted molar refractivity (Wildman–Crippen MR) is 62.7 cm³/mol. The lowest BCUT2D eigenvalue weighted by Crippen LogP contribution is -1.98. The highest BCUT2D eigenvalue weighted by Gasteiger charge is 2.11. The number of rotatable bonds is 4. The zero-order chi connectivity index (χ0) is 12.0. The van der Waals surface area contributed by atoms with Gasteiger partial charge in [-0.15, -0.1) is 0 Å². The first kappa shape index (κ1) is 12.0. The molecule has 0 heterocycles. The van der Waals surface area contributed by atoms with Crippen LogP contribution in [0.1, 0.15) is 22.8 Å². The van der Waals surface area contributed by atoms with E-state index < -0.39 is 5.97 Å². The van der Waals surface area contributed by atoms with Gasteiger partial charge >= 0.3 is 5.97 Å². The summed E-state index contributed by atoms with van der Waals surface area (Å²) >= 11 is 0. The molecule has 0 aliphatic carbocycles. The van der Waals surface area contributed by atoms with E-state index in [9.17, 15) is 9.90 Å². The molecular formula is C13H14O3. The van der Waals surface area contributed by atoms with Crippen LogP contribution < -0.4 is 0 Å². The molecule has 0 saturated carbocycles. The Morgan fingerprint density at radius 2 is 2.12 bits per heavy atom. The maximum Gasteiger partial charge on any atom is 0.339 e. The molecule has 0 fully saturated rings. The first-order valence-electron chi connectivity index (χ1n) is 4.98. The highest BCUT2D eigenvalue weighted by molar-refractivity contribution is 5.91. The average molecular weight is 218 g/mol. The molecule has 2 N–H and O–H groups in total. The van der Waals surface area contributed by atoms with Gasteiger partial charge in [-0.05, 0) is 25.0 Å². The van der Waals surface area contributed by atoms with Gasteiger partial charge in [-0.1, -0.05) is 36.4 Å². The van der Waals surface area contributed by atoms with Crippen LogP contribution in [0.5, 0.6) is 5.75 Å². The second kappa shape index (κ2) is 5.75. The van der Waals surface area contributed by atoms with Gasteiger partial charge in [0.25, 0.3) is 0 Å². The zero-order valence-electron chi connectivity index (χ0n) is 9.05. The van der Waals surface area contributed by atoms with Crippen LogP contribution >= 0.6 is 0 Å². The van der Waals surface area contributed by atoms with Crippen LogP contribution in [0.4, 0.5) is 0 Å². The number of carbonyl (C=O) groups is 1. The maximum atomic E-state index is 10.8. The van der Waals surface area contributed by atoms with Crippen LogP contribution in [0, 0.1) is 0 Å². The SMILES string of the molecule is C/C=C/C=C/Cc1cccc(C(=O)O)c1O. The Bertz CT molecular complexity index is 431. The van der Waals surface area contributed by atoms with Gasteiger partial charge in [0.05, 0.1) is 0 Å². The van der Waals surface area contributed by atoms with Crippen molar-refractivity contribution in [1.29, 1.82) is 0 Å². The number of hydrogen-bond acceptors (Lipinski definition) is 2. The lowest BCUT2D eigenvalue weighted by molar-refractivity contribution is 0.0693. The highest BCUT2D eigenvalue weighted by Crippen LogP contribution is 2.23. The average Bonchev–Trinajstić information content (AvgIpc) is 2.26. The van der Waals surface area contributed by atoms with E-state index in [1.807, 2.05) is 31.2 Å². The number of phenols is 1. The van der Waals surface area contributed by atoms with Crippen LogP contribution in [0.15, 0.2) is 42.5 Å². The van der Waals surface area contributed by atoms with Gasteiger partial charge in [-0.25, -0.2) is 4.79 Å². The van der Waals surface area contributed by atoms with Crippen LogP contribution in [0.2, 0.25) is 0 Å². The molecule has 16 heavy (non-hydrogen) atoms. The Balaban J connectivity index is 2.89. The molecule has 0 aliphatic rings. The molecule has 1 aromatic carbocycles. The van der Waals surface area contributed by atoms with E-state index in [0.717, 1.165) is 0 Å². The third kappa shape index (κ3) is 2.98. The van der Waals surface area contributed by atoms with Gasteiger partial charge in [0.15, 0.2) is 0 Å². The van der Waals surface area contributed by atoms with E-state index in [2.05, 4.69) is 0 Å². The standard InChI is InChI=1S/C13H14O3/c1-2-3-4-5-7-10-8-6-9-11(12(10)14)13(15)16/h2-6,8-9,14H,7H2,1H3,(H,15,16)/b3-2+,5-4+. The maximum absolute atomic E-state index is 10.8. The predicted octanol–water partition coefficient (Wildman–Crippen LogP) is 2.77. The minimum atomic E-state index is -1.11. The Hall–Kier alpha value is -2.03. The normalized spacial score (nSPS) is 11.3. The monoisotopic (exact) mass is 218 g/mol. The largest absolute Gasteiger partial charge is 0.507 e.